The number of methoxy groups -OCH3 is 1. The molecule has 1 N–H and O–H groups in total. The molecule has 0 unspecified atom stereocenters. The minimum Gasteiger partial charge on any atom is -0.497 e. The monoisotopic (exact) mass is 344 g/mol. The smallest absolute Gasteiger partial charge is 0.225 e. The first-order valence-electron chi connectivity index (χ1n) is 7.57. The van der Waals surface area contributed by atoms with E-state index in [2.05, 4.69) is 15.3 Å². The second-order valence-electron chi connectivity index (χ2n) is 5.32. The van der Waals surface area contributed by atoms with Gasteiger partial charge in [-0.2, -0.15) is 0 Å². The van der Waals surface area contributed by atoms with Gasteiger partial charge in [0.15, 0.2) is 11.5 Å². The molecule has 7 heteroatoms. The number of hydrogen-bond acceptors (Lipinski definition) is 4. The Morgan fingerprint density at radius 1 is 1.33 bits per heavy atom. The number of nitrogens with one attached hydrogen (secondary N) is 1. The zero-order valence-corrected chi connectivity index (χ0v) is 14.0. The van der Waals surface area contributed by atoms with Gasteiger partial charge in [0, 0.05) is 25.0 Å². The third-order valence-electron chi connectivity index (χ3n) is 3.63. The SMILES string of the molecule is COc1ccc(CCCC(=O)Nc2nc(Cl)cn3ccnc23)cc1. The lowest BCUT2D eigenvalue weighted by molar-refractivity contribution is -0.116. The Morgan fingerprint density at radius 2 is 2.12 bits per heavy atom. The van der Waals surface area contributed by atoms with E-state index in [4.69, 9.17) is 16.3 Å². The molecule has 0 radical (unpaired) electrons. The highest BCUT2D eigenvalue weighted by molar-refractivity contribution is 6.29. The fourth-order valence-corrected chi connectivity index (χ4v) is 2.61. The van der Waals surface area contributed by atoms with Gasteiger partial charge in [0.25, 0.3) is 0 Å². The molecule has 0 bridgehead atoms. The summed E-state index contributed by atoms with van der Waals surface area (Å²) in [5.74, 6) is 1.09. The van der Waals surface area contributed by atoms with Crippen molar-refractivity contribution < 1.29 is 9.53 Å². The molecule has 6 nitrogen and oxygen atoms in total. The first-order chi connectivity index (χ1) is 11.7. The first-order valence-corrected chi connectivity index (χ1v) is 7.95. The molecule has 24 heavy (non-hydrogen) atoms. The Kier molecular flexibility index (Phi) is 4.96. The second kappa shape index (κ2) is 7.31. The van der Waals surface area contributed by atoms with Crippen LogP contribution in [0.3, 0.4) is 0 Å². The van der Waals surface area contributed by atoms with E-state index in [9.17, 15) is 4.79 Å². The number of benzene rings is 1. The number of fused-ring (bicyclic) bond motifs is 1. The number of rotatable bonds is 6. The summed E-state index contributed by atoms with van der Waals surface area (Å²) in [6, 6.07) is 7.84. The predicted octanol–water partition coefficient (Wildman–Crippen LogP) is 3.35. The van der Waals surface area contributed by atoms with Gasteiger partial charge in [0.2, 0.25) is 5.91 Å². The maximum absolute atomic E-state index is 12.1. The molecule has 2 heterocycles. The van der Waals surface area contributed by atoms with E-state index in [1.807, 2.05) is 24.3 Å². The van der Waals surface area contributed by atoms with Gasteiger partial charge in [-0.05, 0) is 30.5 Å². The molecule has 0 saturated heterocycles. The van der Waals surface area contributed by atoms with Gasteiger partial charge in [-0.15, -0.1) is 0 Å². The molecule has 0 saturated carbocycles. The summed E-state index contributed by atoms with van der Waals surface area (Å²) in [6.07, 6.45) is 6.98. The number of amides is 1. The topological polar surface area (TPSA) is 68.5 Å². The third kappa shape index (κ3) is 3.83. The number of nitrogens with zero attached hydrogens (tertiary/aromatic N) is 3. The van der Waals surface area contributed by atoms with E-state index in [0.717, 1.165) is 18.6 Å². The van der Waals surface area contributed by atoms with Crippen molar-refractivity contribution in [2.75, 3.05) is 12.4 Å². The van der Waals surface area contributed by atoms with Crippen LogP contribution in [0.5, 0.6) is 5.75 Å². The lowest BCUT2D eigenvalue weighted by Crippen LogP contribution is -2.14. The number of ether oxygens (including phenoxy) is 1. The number of carbonyl (C=O) groups is 1. The van der Waals surface area contributed by atoms with Gasteiger partial charge in [-0.25, -0.2) is 9.97 Å². The van der Waals surface area contributed by atoms with Crippen molar-refractivity contribution >= 4 is 29.0 Å². The fourth-order valence-electron chi connectivity index (χ4n) is 2.42. The van der Waals surface area contributed by atoms with Crippen molar-refractivity contribution in [3.8, 4) is 5.75 Å². The lowest BCUT2D eigenvalue weighted by Gasteiger charge is -2.07. The van der Waals surface area contributed by atoms with E-state index in [1.165, 1.54) is 5.56 Å². The van der Waals surface area contributed by atoms with Crippen molar-refractivity contribution in [1.29, 1.82) is 0 Å². The highest BCUT2D eigenvalue weighted by Gasteiger charge is 2.10. The Hall–Kier alpha value is -2.60. The molecular weight excluding hydrogens is 328 g/mol. The second-order valence-corrected chi connectivity index (χ2v) is 5.71. The summed E-state index contributed by atoms with van der Waals surface area (Å²) in [7, 11) is 1.64. The van der Waals surface area contributed by atoms with Crippen LogP contribution >= 0.6 is 11.6 Å². The largest absolute Gasteiger partial charge is 0.497 e. The van der Waals surface area contributed by atoms with Crippen LogP contribution in [0, 0.1) is 0 Å². The highest BCUT2D eigenvalue weighted by atomic mass is 35.5. The summed E-state index contributed by atoms with van der Waals surface area (Å²) in [5.41, 5.74) is 1.74. The summed E-state index contributed by atoms with van der Waals surface area (Å²) in [4.78, 5) is 20.4. The normalized spacial score (nSPS) is 10.8. The van der Waals surface area contributed by atoms with Crippen LogP contribution in [0.15, 0.2) is 42.9 Å². The maximum Gasteiger partial charge on any atom is 0.225 e. The molecule has 0 aliphatic carbocycles. The first kappa shape index (κ1) is 16.3. The number of aromatic nitrogens is 3. The maximum atomic E-state index is 12.1. The van der Waals surface area contributed by atoms with Crippen molar-refractivity contribution in [2.24, 2.45) is 0 Å². The van der Waals surface area contributed by atoms with Crippen LogP contribution in [0.1, 0.15) is 18.4 Å². The average Bonchev–Trinajstić information content (AvgIpc) is 3.04. The average molecular weight is 345 g/mol. The van der Waals surface area contributed by atoms with Crippen LogP contribution in [0.2, 0.25) is 5.15 Å². The number of imidazole rings is 1. The number of anilines is 1. The number of carbonyl (C=O) groups excluding carboxylic acids is 1. The van der Waals surface area contributed by atoms with Crippen LogP contribution in [0.4, 0.5) is 5.82 Å². The molecule has 1 aromatic carbocycles. The van der Waals surface area contributed by atoms with Gasteiger partial charge in [-0.3, -0.25) is 4.79 Å². The van der Waals surface area contributed by atoms with Crippen molar-refractivity contribution in [1.82, 2.24) is 14.4 Å². The predicted molar refractivity (Wildman–Crippen MR) is 92.6 cm³/mol. The van der Waals surface area contributed by atoms with Crippen LogP contribution in [0.25, 0.3) is 5.65 Å². The summed E-state index contributed by atoms with van der Waals surface area (Å²) >= 11 is 5.95. The van der Waals surface area contributed by atoms with E-state index >= 15 is 0 Å². The highest BCUT2D eigenvalue weighted by Crippen LogP contribution is 2.17. The molecule has 0 fully saturated rings. The summed E-state index contributed by atoms with van der Waals surface area (Å²) < 4.78 is 6.85. The Balaban J connectivity index is 1.56. The number of aryl methyl sites for hydroxylation is 1. The number of halogens is 1. The quantitative estimate of drug-likeness (QED) is 0.744. The zero-order valence-electron chi connectivity index (χ0n) is 13.2. The van der Waals surface area contributed by atoms with E-state index in [-0.39, 0.29) is 5.91 Å². The molecule has 1 amide bonds. The van der Waals surface area contributed by atoms with E-state index in [0.29, 0.717) is 23.0 Å². The van der Waals surface area contributed by atoms with E-state index < -0.39 is 0 Å². The molecule has 3 rings (SSSR count). The van der Waals surface area contributed by atoms with Crippen molar-refractivity contribution in [3.63, 3.8) is 0 Å². The van der Waals surface area contributed by atoms with Crippen LogP contribution in [-0.2, 0) is 11.2 Å². The van der Waals surface area contributed by atoms with Crippen LogP contribution in [-0.4, -0.2) is 27.4 Å². The Bertz CT molecular complexity index is 845. The standard InChI is InChI=1S/C17H17ClN4O2/c1-24-13-7-5-12(6-8-13)3-2-4-15(23)21-16-17-19-9-10-22(17)11-14(18)20-16/h5-11H,2-4H2,1H3,(H,20,21,23). The summed E-state index contributed by atoms with van der Waals surface area (Å²) in [5, 5.41) is 3.08. The molecule has 0 spiro atoms. The molecule has 124 valence electrons. The molecule has 0 atom stereocenters. The third-order valence-corrected chi connectivity index (χ3v) is 3.81. The van der Waals surface area contributed by atoms with Gasteiger partial charge >= 0.3 is 0 Å². The van der Waals surface area contributed by atoms with Gasteiger partial charge in [0.05, 0.1) is 7.11 Å². The Labute approximate surface area is 144 Å². The lowest BCUT2D eigenvalue weighted by atomic mass is 10.1. The minimum absolute atomic E-state index is 0.108. The van der Waals surface area contributed by atoms with Crippen molar-refractivity contribution in [3.05, 3.63) is 53.6 Å². The van der Waals surface area contributed by atoms with E-state index in [1.54, 1.807) is 30.1 Å². The fraction of sp³-hybridized carbons (Fsp3) is 0.235. The molecule has 0 aliphatic heterocycles. The van der Waals surface area contributed by atoms with Gasteiger partial charge < -0.3 is 14.5 Å². The molecule has 2 aromatic heterocycles. The van der Waals surface area contributed by atoms with Gasteiger partial charge in [0.1, 0.15) is 10.9 Å². The zero-order chi connectivity index (χ0) is 16.9. The number of hydrogen-bond donors (Lipinski definition) is 1. The molecular formula is C17H17ClN4O2. The Morgan fingerprint density at radius 3 is 2.88 bits per heavy atom. The minimum atomic E-state index is -0.108. The summed E-state index contributed by atoms with van der Waals surface area (Å²) in [6.45, 7) is 0. The van der Waals surface area contributed by atoms with Crippen LogP contribution < -0.4 is 10.1 Å². The molecule has 3 aromatic rings. The van der Waals surface area contributed by atoms with Crippen molar-refractivity contribution in [2.45, 2.75) is 19.3 Å². The molecule has 0 aliphatic rings. The van der Waals surface area contributed by atoms with Gasteiger partial charge in [-0.1, -0.05) is 23.7 Å².